The number of hydrogen-bond donors (Lipinski definition) is 1. The van der Waals surface area contributed by atoms with Crippen molar-refractivity contribution in [2.75, 3.05) is 0 Å². The van der Waals surface area contributed by atoms with E-state index in [0.29, 0.717) is 5.56 Å². The number of hydrogen-bond acceptors (Lipinski definition) is 4. The number of carbonyl (C=O) groups excluding carboxylic acids is 1. The van der Waals surface area contributed by atoms with Gasteiger partial charge in [-0.25, -0.2) is 4.39 Å². The predicted octanol–water partition coefficient (Wildman–Crippen LogP) is 2.79. The Balaban J connectivity index is 2.22. The molecule has 0 atom stereocenters. The Morgan fingerprint density at radius 2 is 1.91 bits per heavy atom. The van der Waals surface area contributed by atoms with Gasteiger partial charge in [-0.3, -0.25) is 19.9 Å². The van der Waals surface area contributed by atoms with Crippen LogP contribution in [0.3, 0.4) is 0 Å². The highest BCUT2D eigenvalue weighted by Crippen LogP contribution is 2.23. The number of nitro benzene ring substituents is 1. The Morgan fingerprint density at radius 1 is 1.27 bits per heavy atom. The zero-order chi connectivity index (χ0) is 16.3. The first kappa shape index (κ1) is 15.6. The lowest BCUT2D eigenvalue weighted by atomic mass is 9.93. The van der Waals surface area contributed by atoms with Crippen LogP contribution in [0.15, 0.2) is 42.7 Å². The fraction of sp³-hybridized carbons (Fsp3) is 0.200. The Kier molecular flexibility index (Phi) is 4.16. The lowest BCUT2D eigenvalue weighted by Crippen LogP contribution is -2.41. The summed E-state index contributed by atoms with van der Waals surface area (Å²) in [5.41, 5.74) is -0.293. The van der Waals surface area contributed by atoms with Gasteiger partial charge in [0.05, 0.1) is 22.2 Å². The molecule has 22 heavy (non-hydrogen) atoms. The Bertz CT molecular complexity index is 714. The molecule has 0 unspecified atom stereocenters. The first-order chi connectivity index (χ1) is 10.3. The number of rotatable bonds is 4. The number of nitrogens with zero attached hydrogens (tertiary/aromatic N) is 2. The van der Waals surface area contributed by atoms with Gasteiger partial charge in [-0.15, -0.1) is 0 Å². The number of carbonyl (C=O) groups is 1. The summed E-state index contributed by atoms with van der Waals surface area (Å²) in [4.78, 5) is 25.9. The van der Waals surface area contributed by atoms with Crippen molar-refractivity contribution >= 4 is 11.6 Å². The minimum Gasteiger partial charge on any atom is -0.343 e. The number of nitrogens with one attached hydrogen (secondary N) is 1. The molecule has 0 spiro atoms. The summed E-state index contributed by atoms with van der Waals surface area (Å²) < 4.78 is 13.6. The maximum atomic E-state index is 13.6. The zero-order valence-electron chi connectivity index (χ0n) is 12.0. The van der Waals surface area contributed by atoms with Gasteiger partial charge in [0.1, 0.15) is 0 Å². The fourth-order valence-corrected chi connectivity index (χ4v) is 1.98. The zero-order valence-corrected chi connectivity index (χ0v) is 12.0. The van der Waals surface area contributed by atoms with E-state index < -0.39 is 22.2 Å². The smallest absolute Gasteiger partial charge is 0.269 e. The molecule has 0 bridgehead atoms. The molecule has 1 amide bonds. The molecule has 6 nitrogen and oxygen atoms in total. The molecule has 0 aliphatic heterocycles. The van der Waals surface area contributed by atoms with Crippen LogP contribution in [0.25, 0.3) is 0 Å². The molecule has 1 aromatic carbocycles. The summed E-state index contributed by atoms with van der Waals surface area (Å²) in [6, 6.07) is 7.12. The van der Waals surface area contributed by atoms with Gasteiger partial charge in [0.25, 0.3) is 11.6 Å². The number of non-ortho nitro benzene ring substituents is 1. The summed E-state index contributed by atoms with van der Waals surface area (Å²) in [6.45, 7) is 3.45. The molecule has 1 N–H and O–H groups in total. The van der Waals surface area contributed by atoms with E-state index in [9.17, 15) is 19.3 Å². The van der Waals surface area contributed by atoms with Crippen molar-refractivity contribution in [3.63, 3.8) is 0 Å². The minimum absolute atomic E-state index is 0.0361. The monoisotopic (exact) mass is 303 g/mol. The van der Waals surface area contributed by atoms with Gasteiger partial charge in [0, 0.05) is 18.3 Å². The quantitative estimate of drug-likeness (QED) is 0.695. The van der Waals surface area contributed by atoms with Crippen LogP contribution in [0.1, 0.15) is 29.8 Å². The number of benzene rings is 1. The Labute approximate surface area is 126 Å². The van der Waals surface area contributed by atoms with E-state index in [4.69, 9.17) is 0 Å². The van der Waals surface area contributed by atoms with E-state index in [1.54, 1.807) is 26.0 Å². The third-order valence-corrected chi connectivity index (χ3v) is 3.24. The normalized spacial score (nSPS) is 11.0. The highest BCUT2D eigenvalue weighted by molar-refractivity contribution is 5.94. The van der Waals surface area contributed by atoms with E-state index in [2.05, 4.69) is 10.3 Å². The van der Waals surface area contributed by atoms with Crippen LogP contribution in [-0.2, 0) is 5.54 Å². The van der Waals surface area contributed by atoms with Crippen LogP contribution >= 0.6 is 0 Å². The first-order valence-corrected chi connectivity index (χ1v) is 6.48. The number of amides is 1. The number of halogens is 1. The standard InChI is InChI=1S/C15H14FN3O3/c1-15(2,10-3-5-11(6-4-10)19(21)22)18-14(20)12-7-8-17-9-13(12)16/h3-9H,1-2H3,(H,18,20). The van der Waals surface area contributed by atoms with Crippen molar-refractivity contribution in [1.29, 1.82) is 0 Å². The van der Waals surface area contributed by atoms with Crippen molar-refractivity contribution in [3.8, 4) is 0 Å². The molecule has 0 saturated heterocycles. The van der Waals surface area contributed by atoms with Gasteiger partial charge < -0.3 is 5.32 Å². The van der Waals surface area contributed by atoms with Crippen LogP contribution in [0.4, 0.5) is 10.1 Å². The van der Waals surface area contributed by atoms with Crippen LogP contribution in [0.5, 0.6) is 0 Å². The third kappa shape index (κ3) is 3.25. The molecule has 0 saturated carbocycles. The SMILES string of the molecule is CC(C)(NC(=O)c1ccncc1F)c1ccc([N+](=O)[O-])cc1. The number of pyridine rings is 1. The highest BCUT2D eigenvalue weighted by atomic mass is 19.1. The number of nitro groups is 1. The minimum atomic E-state index is -0.818. The average Bonchev–Trinajstić information content (AvgIpc) is 2.47. The molecule has 114 valence electrons. The van der Waals surface area contributed by atoms with Gasteiger partial charge in [0.15, 0.2) is 5.82 Å². The molecule has 0 radical (unpaired) electrons. The van der Waals surface area contributed by atoms with Crippen molar-refractivity contribution in [3.05, 3.63) is 69.8 Å². The summed E-state index contributed by atoms with van der Waals surface area (Å²) >= 11 is 0. The third-order valence-electron chi connectivity index (χ3n) is 3.24. The van der Waals surface area contributed by atoms with Crippen molar-refractivity contribution < 1.29 is 14.1 Å². The maximum Gasteiger partial charge on any atom is 0.269 e. The van der Waals surface area contributed by atoms with Crippen molar-refractivity contribution in [2.45, 2.75) is 19.4 Å². The largest absolute Gasteiger partial charge is 0.343 e. The topological polar surface area (TPSA) is 85.1 Å². The van der Waals surface area contributed by atoms with E-state index >= 15 is 0 Å². The molecule has 1 heterocycles. The molecule has 0 aliphatic rings. The van der Waals surface area contributed by atoms with E-state index in [1.807, 2.05) is 0 Å². The van der Waals surface area contributed by atoms with Gasteiger partial charge in [0.2, 0.25) is 0 Å². The Hall–Kier alpha value is -2.83. The van der Waals surface area contributed by atoms with Crippen LogP contribution in [0, 0.1) is 15.9 Å². The first-order valence-electron chi connectivity index (χ1n) is 6.48. The lowest BCUT2D eigenvalue weighted by Gasteiger charge is -2.27. The molecular formula is C15H14FN3O3. The second-order valence-electron chi connectivity index (χ2n) is 5.24. The molecule has 7 heteroatoms. The van der Waals surface area contributed by atoms with Gasteiger partial charge in [-0.2, -0.15) is 0 Å². The van der Waals surface area contributed by atoms with E-state index in [-0.39, 0.29) is 11.3 Å². The molecular weight excluding hydrogens is 289 g/mol. The van der Waals surface area contributed by atoms with Gasteiger partial charge >= 0.3 is 0 Å². The molecule has 0 fully saturated rings. The summed E-state index contributed by atoms with van der Waals surface area (Å²) in [5, 5.41) is 13.4. The van der Waals surface area contributed by atoms with E-state index in [1.165, 1.54) is 24.4 Å². The van der Waals surface area contributed by atoms with Gasteiger partial charge in [-0.1, -0.05) is 0 Å². The average molecular weight is 303 g/mol. The molecule has 1 aromatic heterocycles. The molecule has 2 aromatic rings. The second-order valence-corrected chi connectivity index (χ2v) is 5.24. The Morgan fingerprint density at radius 3 is 2.45 bits per heavy atom. The van der Waals surface area contributed by atoms with Crippen molar-refractivity contribution in [1.82, 2.24) is 10.3 Å². The number of aromatic nitrogens is 1. The lowest BCUT2D eigenvalue weighted by molar-refractivity contribution is -0.384. The maximum absolute atomic E-state index is 13.6. The highest BCUT2D eigenvalue weighted by Gasteiger charge is 2.25. The van der Waals surface area contributed by atoms with Gasteiger partial charge in [-0.05, 0) is 37.6 Å². The van der Waals surface area contributed by atoms with Crippen molar-refractivity contribution in [2.24, 2.45) is 0 Å². The van der Waals surface area contributed by atoms with Crippen LogP contribution < -0.4 is 5.32 Å². The van der Waals surface area contributed by atoms with Crippen LogP contribution in [0.2, 0.25) is 0 Å². The molecule has 2 rings (SSSR count). The molecule has 0 aliphatic carbocycles. The summed E-state index contributed by atoms with van der Waals surface area (Å²) in [6.07, 6.45) is 2.30. The summed E-state index contributed by atoms with van der Waals surface area (Å²) in [7, 11) is 0. The summed E-state index contributed by atoms with van der Waals surface area (Å²) in [5.74, 6) is -1.29. The predicted molar refractivity (Wildman–Crippen MR) is 77.8 cm³/mol. The van der Waals surface area contributed by atoms with E-state index in [0.717, 1.165) is 6.20 Å². The fourth-order valence-electron chi connectivity index (χ4n) is 1.98. The van der Waals surface area contributed by atoms with Crippen LogP contribution in [-0.4, -0.2) is 15.8 Å². The second kappa shape index (κ2) is 5.88.